The van der Waals surface area contributed by atoms with Crippen LogP contribution in [0, 0.1) is 0 Å². The molecule has 0 saturated carbocycles. The first-order valence-electron chi connectivity index (χ1n) is 9.78. The van der Waals surface area contributed by atoms with Crippen LogP contribution < -0.4 is 16.0 Å². The molecule has 1 aliphatic rings. The van der Waals surface area contributed by atoms with Gasteiger partial charge in [-0.05, 0) is 24.3 Å². The number of nitrogen functional groups attached to an aromatic ring is 1. The summed E-state index contributed by atoms with van der Waals surface area (Å²) in [6, 6.07) is 5.80. The Morgan fingerprint density at radius 1 is 0.941 bits per heavy atom. The van der Waals surface area contributed by atoms with E-state index >= 15 is 0 Å². The molecule has 1 aliphatic heterocycles. The van der Waals surface area contributed by atoms with Gasteiger partial charge < -0.3 is 21.1 Å². The molecule has 1 saturated heterocycles. The van der Waals surface area contributed by atoms with Crippen LogP contribution in [0.15, 0.2) is 41.3 Å². The summed E-state index contributed by atoms with van der Waals surface area (Å²) in [7, 11) is -2.46. The lowest BCUT2D eigenvalue weighted by atomic mass is 9.92. The summed E-state index contributed by atoms with van der Waals surface area (Å²) in [5.74, 6) is 0.194. The molecule has 1 aromatic carbocycles. The quantitative estimate of drug-likeness (QED) is 0.527. The van der Waals surface area contributed by atoms with E-state index in [2.05, 4.69) is 10.3 Å². The van der Waals surface area contributed by atoms with Crippen molar-refractivity contribution in [3.8, 4) is 0 Å². The summed E-state index contributed by atoms with van der Waals surface area (Å²) in [6.45, 7) is 0.261. The Balaban J connectivity index is 1.77. The minimum Gasteiger partial charge on any atom is -0.384 e. The lowest BCUT2D eigenvalue weighted by molar-refractivity contribution is -0.376. The van der Waals surface area contributed by atoms with Crippen LogP contribution in [0.2, 0.25) is 0 Å². The molecule has 1 fully saturated rings. The van der Waals surface area contributed by atoms with Crippen molar-refractivity contribution < 1.29 is 39.9 Å². The topological polar surface area (TPSA) is 112 Å². The van der Waals surface area contributed by atoms with Crippen LogP contribution in [0.4, 0.5) is 43.7 Å². The van der Waals surface area contributed by atoms with E-state index < -0.39 is 33.5 Å². The summed E-state index contributed by atoms with van der Waals surface area (Å²) in [6.07, 6.45) is -12.0. The average Bonchev–Trinajstić information content (AvgIpc) is 2.77. The first-order chi connectivity index (χ1) is 15.6. The minimum absolute atomic E-state index is 0.00660. The van der Waals surface area contributed by atoms with Crippen molar-refractivity contribution in [2.24, 2.45) is 0 Å². The van der Waals surface area contributed by atoms with Gasteiger partial charge in [-0.15, -0.1) is 0 Å². The predicted molar refractivity (Wildman–Crippen MR) is 112 cm³/mol. The highest BCUT2D eigenvalue weighted by atomic mass is 32.2. The Morgan fingerprint density at radius 2 is 1.47 bits per heavy atom. The molecule has 0 bridgehead atoms. The molecule has 0 spiro atoms. The third-order valence-corrected chi connectivity index (χ3v) is 7.37. The molecule has 2 heterocycles. The number of alkyl halides is 6. The number of rotatable bonds is 5. The SMILES string of the molecule is CNc1nc(N)ccc1S(=O)(=O)N1CCN(c2ccc(C(O)(C(F)(F)F)C(F)(F)F)cc2)CC1. The largest absolute Gasteiger partial charge is 0.430 e. The monoisotopic (exact) mass is 513 g/mol. The van der Waals surface area contributed by atoms with Gasteiger partial charge in [-0.3, -0.25) is 0 Å². The first-order valence-corrected chi connectivity index (χ1v) is 11.2. The molecular formula is C19H21F6N5O3S. The highest BCUT2D eigenvalue weighted by molar-refractivity contribution is 7.89. The van der Waals surface area contributed by atoms with Gasteiger partial charge in [0.05, 0.1) is 0 Å². The molecule has 4 N–H and O–H groups in total. The van der Waals surface area contributed by atoms with Crippen molar-refractivity contribution >= 4 is 27.3 Å². The lowest BCUT2D eigenvalue weighted by Crippen LogP contribution is -2.54. The zero-order chi connectivity index (χ0) is 25.5. The molecule has 34 heavy (non-hydrogen) atoms. The number of pyridine rings is 1. The number of anilines is 3. The van der Waals surface area contributed by atoms with Crippen LogP contribution in [-0.2, 0) is 15.6 Å². The zero-order valence-corrected chi connectivity index (χ0v) is 18.5. The lowest BCUT2D eigenvalue weighted by Gasteiger charge is -2.36. The number of piperazine rings is 1. The Morgan fingerprint density at radius 3 is 1.94 bits per heavy atom. The summed E-state index contributed by atoms with van der Waals surface area (Å²) < 4.78 is 106. The number of halogens is 6. The first kappa shape index (κ1) is 25.8. The van der Waals surface area contributed by atoms with Crippen molar-refractivity contribution in [3.63, 3.8) is 0 Å². The van der Waals surface area contributed by atoms with Crippen molar-refractivity contribution in [3.05, 3.63) is 42.0 Å². The molecule has 15 heteroatoms. The minimum atomic E-state index is -5.98. The fourth-order valence-corrected chi connectivity index (χ4v) is 5.13. The maximum absolute atomic E-state index is 13.1. The van der Waals surface area contributed by atoms with Crippen LogP contribution >= 0.6 is 0 Å². The maximum atomic E-state index is 13.1. The third-order valence-electron chi connectivity index (χ3n) is 5.44. The van der Waals surface area contributed by atoms with E-state index in [1.807, 2.05) is 0 Å². The van der Waals surface area contributed by atoms with Crippen LogP contribution in [0.5, 0.6) is 0 Å². The van der Waals surface area contributed by atoms with E-state index in [1.165, 1.54) is 23.5 Å². The molecule has 0 atom stereocenters. The number of aromatic nitrogens is 1. The Labute approximate surface area is 191 Å². The molecule has 0 aliphatic carbocycles. The van der Waals surface area contributed by atoms with Gasteiger partial charge in [0.15, 0.2) is 0 Å². The van der Waals surface area contributed by atoms with Crippen molar-refractivity contribution in [1.82, 2.24) is 9.29 Å². The van der Waals surface area contributed by atoms with Gasteiger partial charge in [-0.25, -0.2) is 13.4 Å². The molecule has 0 unspecified atom stereocenters. The summed E-state index contributed by atoms with van der Waals surface area (Å²) >= 11 is 0. The van der Waals surface area contributed by atoms with Crippen LogP contribution in [0.25, 0.3) is 0 Å². The van der Waals surface area contributed by atoms with Crippen LogP contribution in [-0.4, -0.2) is 68.4 Å². The highest BCUT2D eigenvalue weighted by Crippen LogP contribution is 2.50. The average molecular weight is 513 g/mol. The summed E-state index contributed by atoms with van der Waals surface area (Å²) in [4.78, 5) is 5.47. The summed E-state index contributed by atoms with van der Waals surface area (Å²) in [5, 5.41) is 12.2. The molecular weight excluding hydrogens is 492 g/mol. The number of hydrogen-bond donors (Lipinski definition) is 3. The second kappa shape index (κ2) is 8.78. The Bertz CT molecular complexity index is 1120. The van der Waals surface area contributed by atoms with Crippen molar-refractivity contribution in [2.45, 2.75) is 22.8 Å². The van der Waals surface area contributed by atoms with E-state index in [1.54, 1.807) is 4.90 Å². The second-order valence-corrected chi connectivity index (χ2v) is 9.38. The molecule has 3 rings (SSSR count). The third kappa shape index (κ3) is 4.46. The van der Waals surface area contributed by atoms with E-state index in [0.717, 1.165) is 12.1 Å². The number of nitrogens with one attached hydrogen (secondary N) is 1. The Hall–Kier alpha value is -2.78. The van der Waals surface area contributed by atoms with E-state index in [0.29, 0.717) is 12.1 Å². The Kier molecular flexibility index (Phi) is 6.67. The fourth-order valence-electron chi connectivity index (χ4n) is 3.58. The molecule has 2 aromatic rings. The van der Waals surface area contributed by atoms with E-state index in [9.17, 15) is 39.9 Å². The van der Waals surface area contributed by atoms with Gasteiger partial charge in [0.2, 0.25) is 10.0 Å². The number of aliphatic hydroxyl groups is 1. The number of hydrogen-bond acceptors (Lipinski definition) is 7. The van der Waals surface area contributed by atoms with Crippen LogP contribution in [0.1, 0.15) is 5.56 Å². The number of nitrogens with zero attached hydrogens (tertiary/aromatic N) is 3. The van der Waals surface area contributed by atoms with Crippen molar-refractivity contribution in [2.75, 3.05) is 49.2 Å². The van der Waals surface area contributed by atoms with Gasteiger partial charge >= 0.3 is 12.4 Å². The maximum Gasteiger partial charge on any atom is 0.430 e. The molecule has 188 valence electrons. The van der Waals surface area contributed by atoms with Gasteiger partial charge in [0.25, 0.3) is 5.60 Å². The summed E-state index contributed by atoms with van der Waals surface area (Å²) in [5.41, 5.74) is -0.517. The molecule has 0 radical (unpaired) electrons. The number of benzene rings is 1. The molecule has 0 amide bonds. The van der Waals surface area contributed by atoms with Gasteiger partial charge in [-0.1, -0.05) is 12.1 Å². The smallest absolute Gasteiger partial charge is 0.384 e. The van der Waals surface area contributed by atoms with Gasteiger partial charge in [0, 0.05) is 44.5 Å². The standard InChI is InChI=1S/C19H21F6N5O3S/c1-27-16-14(6-7-15(26)28-16)34(32,33)30-10-8-29(9-11-30)13-4-2-12(3-5-13)17(31,18(20,21)22)19(23,24)25/h2-7,31H,8-11H2,1H3,(H3,26,27,28). The fraction of sp³-hybridized carbons (Fsp3) is 0.421. The van der Waals surface area contributed by atoms with Gasteiger partial charge in [-0.2, -0.15) is 30.6 Å². The predicted octanol–water partition coefficient (Wildman–Crippen LogP) is 2.53. The normalized spacial score (nSPS) is 16.5. The van der Waals surface area contributed by atoms with E-state index in [-0.39, 0.29) is 48.4 Å². The number of sulfonamides is 1. The zero-order valence-electron chi connectivity index (χ0n) is 17.7. The number of nitrogens with two attached hydrogens (primary N) is 1. The molecule has 1 aromatic heterocycles. The van der Waals surface area contributed by atoms with E-state index in [4.69, 9.17) is 5.73 Å². The van der Waals surface area contributed by atoms with Gasteiger partial charge in [0.1, 0.15) is 16.5 Å². The molecule has 8 nitrogen and oxygen atoms in total. The van der Waals surface area contributed by atoms with Crippen LogP contribution in [0.3, 0.4) is 0 Å². The van der Waals surface area contributed by atoms with Crippen molar-refractivity contribution in [1.29, 1.82) is 0 Å². The highest BCUT2D eigenvalue weighted by Gasteiger charge is 2.71. The second-order valence-electron chi connectivity index (χ2n) is 7.48.